The predicted octanol–water partition coefficient (Wildman–Crippen LogP) is 4.92. The zero-order valence-corrected chi connectivity index (χ0v) is 17.2. The monoisotopic (exact) mass is 419 g/mol. The SMILES string of the molecule is CC1CCN(C(=O)c2ccc(NCC(=O)Nc3ccc(Cl)c(Cl)c3)cc2)CC1. The van der Waals surface area contributed by atoms with Gasteiger partial charge in [0.15, 0.2) is 0 Å². The number of anilines is 2. The maximum absolute atomic E-state index is 12.6. The molecule has 1 heterocycles. The van der Waals surface area contributed by atoms with Gasteiger partial charge < -0.3 is 15.5 Å². The lowest BCUT2D eigenvalue weighted by molar-refractivity contribution is -0.114. The lowest BCUT2D eigenvalue weighted by Crippen LogP contribution is -2.37. The van der Waals surface area contributed by atoms with Crippen molar-refractivity contribution in [3.63, 3.8) is 0 Å². The highest BCUT2D eigenvalue weighted by Gasteiger charge is 2.21. The van der Waals surface area contributed by atoms with Gasteiger partial charge in [-0.1, -0.05) is 30.1 Å². The van der Waals surface area contributed by atoms with E-state index in [-0.39, 0.29) is 18.4 Å². The van der Waals surface area contributed by atoms with E-state index in [1.165, 1.54) is 0 Å². The van der Waals surface area contributed by atoms with Crippen molar-refractivity contribution in [1.29, 1.82) is 0 Å². The average molecular weight is 420 g/mol. The van der Waals surface area contributed by atoms with Gasteiger partial charge in [-0.15, -0.1) is 0 Å². The maximum Gasteiger partial charge on any atom is 0.253 e. The normalized spacial score (nSPS) is 14.6. The number of hydrogen-bond acceptors (Lipinski definition) is 3. The van der Waals surface area contributed by atoms with E-state index in [1.54, 1.807) is 30.3 Å². The van der Waals surface area contributed by atoms with E-state index in [0.717, 1.165) is 31.6 Å². The summed E-state index contributed by atoms with van der Waals surface area (Å²) in [4.78, 5) is 26.5. The van der Waals surface area contributed by atoms with Crippen molar-refractivity contribution < 1.29 is 9.59 Å². The van der Waals surface area contributed by atoms with Crippen LogP contribution in [-0.4, -0.2) is 36.3 Å². The highest BCUT2D eigenvalue weighted by atomic mass is 35.5. The molecule has 5 nitrogen and oxygen atoms in total. The Kier molecular flexibility index (Phi) is 6.81. The second kappa shape index (κ2) is 9.30. The summed E-state index contributed by atoms with van der Waals surface area (Å²) in [7, 11) is 0. The minimum absolute atomic E-state index is 0.0656. The average Bonchev–Trinajstić information content (AvgIpc) is 2.70. The highest BCUT2D eigenvalue weighted by Crippen LogP contribution is 2.25. The molecule has 28 heavy (non-hydrogen) atoms. The number of carbonyl (C=O) groups is 2. The molecular formula is C21H23Cl2N3O2. The van der Waals surface area contributed by atoms with Crippen molar-refractivity contribution in [3.8, 4) is 0 Å². The molecule has 0 unspecified atom stereocenters. The number of halogens is 2. The number of rotatable bonds is 5. The molecule has 2 N–H and O–H groups in total. The fourth-order valence-electron chi connectivity index (χ4n) is 3.09. The van der Waals surface area contributed by atoms with Crippen molar-refractivity contribution in [1.82, 2.24) is 4.90 Å². The first kappa shape index (κ1) is 20.5. The van der Waals surface area contributed by atoms with Crippen LogP contribution < -0.4 is 10.6 Å². The number of hydrogen-bond donors (Lipinski definition) is 2. The fourth-order valence-corrected chi connectivity index (χ4v) is 3.38. The van der Waals surface area contributed by atoms with E-state index in [1.807, 2.05) is 17.0 Å². The Bertz CT molecular complexity index is 847. The van der Waals surface area contributed by atoms with E-state index >= 15 is 0 Å². The van der Waals surface area contributed by atoms with E-state index < -0.39 is 0 Å². The smallest absolute Gasteiger partial charge is 0.253 e. The van der Waals surface area contributed by atoms with Gasteiger partial charge in [0.2, 0.25) is 5.91 Å². The van der Waals surface area contributed by atoms with E-state index in [4.69, 9.17) is 23.2 Å². The molecule has 7 heteroatoms. The van der Waals surface area contributed by atoms with Crippen molar-refractivity contribution >= 4 is 46.4 Å². The third-order valence-corrected chi connectivity index (χ3v) is 5.60. The Hall–Kier alpha value is -2.24. The summed E-state index contributed by atoms with van der Waals surface area (Å²) in [5, 5.41) is 6.62. The molecule has 1 aliphatic rings. The van der Waals surface area contributed by atoms with Crippen LogP contribution in [0.2, 0.25) is 10.0 Å². The Labute approximate surface area is 175 Å². The van der Waals surface area contributed by atoms with Crippen molar-refractivity contribution in [2.24, 2.45) is 5.92 Å². The summed E-state index contributed by atoms with van der Waals surface area (Å²) in [6.45, 7) is 3.95. The number of piperidine rings is 1. The third kappa shape index (κ3) is 5.40. The molecule has 0 radical (unpaired) electrons. The molecular weight excluding hydrogens is 397 g/mol. The zero-order valence-electron chi connectivity index (χ0n) is 15.7. The van der Waals surface area contributed by atoms with Crippen LogP contribution in [0.3, 0.4) is 0 Å². The molecule has 0 bridgehead atoms. The summed E-state index contributed by atoms with van der Waals surface area (Å²) in [5.41, 5.74) is 2.02. The van der Waals surface area contributed by atoms with Crippen molar-refractivity contribution in [2.45, 2.75) is 19.8 Å². The van der Waals surface area contributed by atoms with Crippen molar-refractivity contribution in [2.75, 3.05) is 30.3 Å². The largest absolute Gasteiger partial charge is 0.376 e. The molecule has 0 aliphatic carbocycles. The van der Waals surface area contributed by atoms with Gasteiger partial charge in [0.05, 0.1) is 16.6 Å². The summed E-state index contributed by atoms with van der Waals surface area (Å²) < 4.78 is 0. The molecule has 3 rings (SSSR count). The molecule has 2 amide bonds. The number of amides is 2. The second-order valence-corrected chi connectivity index (χ2v) is 7.90. The number of carbonyl (C=O) groups excluding carboxylic acids is 2. The van der Waals surface area contributed by atoms with Gasteiger partial charge in [-0.05, 0) is 61.2 Å². The van der Waals surface area contributed by atoms with Crippen molar-refractivity contribution in [3.05, 3.63) is 58.1 Å². The van der Waals surface area contributed by atoms with Gasteiger partial charge in [-0.3, -0.25) is 9.59 Å². The van der Waals surface area contributed by atoms with Gasteiger partial charge in [-0.2, -0.15) is 0 Å². The van der Waals surface area contributed by atoms with Gasteiger partial charge in [0.25, 0.3) is 5.91 Å². The number of nitrogens with zero attached hydrogens (tertiary/aromatic N) is 1. The van der Waals surface area contributed by atoms with Crippen LogP contribution in [-0.2, 0) is 4.79 Å². The van der Waals surface area contributed by atoms with Crippen LogP contribution in [0, 0.1) is 5.92 Å². The summed E-state index contributed by atoms with van der Waals surface area (Å²) in [5.74, 6) is 0.544. The molecule has 1 saturated heterocycles. The van der Waals surface area contributed by atoms with Gasteiger partial charge in [-0.25, -0.2) is 0 Å². The first-order valence-corrected chi connectivity index (χ1v) is 10.1. The molecule has 1 aliphatic heterocycles. The summed E-state index contributed by atoms with van der Waals surface area (Å²) in [6.07, 6.45) is 2.11. The van der Waals surface area contributed by atoms with Gasteiger partial charge in [0, 0.05) is 30.0 Å². The minimum Gasteiger partial charge on any atom is -0.376 e. The van der Waals surface area contributed by atoms with Crippen LogP contribution in [0.25, 0.3) is 0 Å². The quantitative estimate of drug-likeness (QED) is 0.722. The van der Waals surface area contributed by atoms with E-state index in [9.17, 15) is 9.59 Å². The molecule has 0 atom stereocenters. The lowest BCUT2D eigenvalue weighted by Gasteiger charge is -2.30. The minimum atomic E-state index is -0.207. The first-order valence-electron chi connectivity index (χ1n) is 9.30. The Morgan fingerprint density at radius 3 is 2.29 bits per heavy atom. The van der Waals surface area contributed by atoms with Crippen LogP contribution in [0.5, 0.6) is 0 Å². The molecule has 0 aromatic heterocycles. The second-order valence-electron chi connectivity index (χ2n) is 7.08. The number of likely N-dealkylation sites (tertiary alicyclic amines) is 1. The number of benzene rings is 2. The zero-order chi connectivity index (χ0) is 20.1. The van der Waals surface area contributed by atoms with E-state index in [0.29, 0.717) is 27.2 Å². The van der Waals surface area contributed by atoms with Gasteiger partial charge in [0.1, 0.15) is 0 Å². The Morgan fingerprint density at radius 2 is 1.64 bits per heavy atom. The molecule has 148 valence electrons. The predicted molar refractivity (Wildman–Crippen MR) is 114 cm³/mol. The molecule has 2 aromatic carbocycles. The molecule has 0 saturated carbocycles. The molecule has 1 fully saturated rings. The lowest BCUT2D eigenvalue weighted by atomic mass is 9.98. The first-order chi connectivity index (χ1) is 13.4. The fraction of sp³-hybridized carbons (Fsp3) is 0.333. The van der Waals surface area contributed by atoms with Crippen LogP contribution >= 0.6 is 23.2 Å². The van der Waals surface area contributed by atoms with Crippen LogP contribution in [0.15, 0.2) is 42.5 Å². The van der Waals surface area contributed by atoms with Crippen LogP contribution in [0.4, 0.5) is 11.4 Å². The topological polar surface area (TPSA) is 61.4 Å². The van der Waals surface area contributed by atoms with Gasteiger partial charge >= 0.3 is 0 Å². The van der Waals surface area contributed by atoms with E-state index in [2.05, 4.69) is 17.6 Å². The van der Waals surface area contributed by atoms with Crippen LogP contribution in [0.1, 0.15) is 30.1 Å². The Balaban J connectivity index is 1.50. The third-order valence-electron chi connectivity index (χ3n) is 4.86. The Morgan fingerprint density at radius 1 is 1.00 bits per heavy atom. The molecule has 0 spiro atoms. The summed E-state index contributed by atoms with van der Waals surface area (Å²) in [6, 6.07) is 12.1. The highest BCUT2D eigenvalue weighted by molar-refractivity contribution is 6.42. The standard InChI is InChI=1S/C21H23Cl2N3O2/c1-14-8-10-26(11-9-14)21(28)15-2-4-16(5-3-15)24-13-20(27)25-17-6-7-18(22)19(23)12-17/h2-7,12,14,24H,8-11,13H2,1H3,(H,25,27). The maximum atomic E-state index is 12.6. The molecule has 2 aromatic rings. The number of nitrogens with one attached hydrogen (secondary N) is 2. The summed E-state index contributed by atoms with van der Waals surface area (Å²) >= 11 is 11.8.